The molecule has 0 N–H and O–H groups in total. The minimum atomic E-state index is -4.45. The van der Waals surface area contributed by atoms with Crippen molar-refractivity contribution in [2.24, 2.45) is 0 Å². The Morgan fingerprint density at radius 1 is 0.245 bits per heavy atom. The number of nitrogens with zero attached hydrogens (tertiary/aromatic N) is 15. The Balaban J connectivity index is 0.000000125. The van der Waals surface area contributed by atoms with Crippen molar-refractivity contribution in [3.63, 3.8) is 0 Å². The number of fused-ring (bicyclic) bond motifs is 15. The third kappa shape index (κ3) is 16.9. The summed E-state index contributed by atoms with van der Waals surface area (Å²) in [7, 11) is 0. The molecule has 0 atom stereocenters. The fourth-order valence-corrected chi connectivity index (χ4v) is 19.0. The number of benzene rings is 18. The van der Waals surface area contributed by atoms with Gasteiger partial charge in [0.15, 0.2) is 46.0 Å². The molecule has 0 saturated heterocycles. The molecule has 147 heavy (non-hydrogen) atoms. The first-order valence-corrected chi connectivity index (χ1v) is 46.2. The quantitative estimate of drug-likeness (QED) is 0.0498. The molecule has 0 amide bonds. The van der Waals surface area contributed by atoms with Crippen LogP contribution in [0, 0.1) is 74.4 Å². The van der Waals surface area contributed by atoms with Gasteiger partial charge in [-0.15, -0.1) is 0 Å². The first-order chi connectivity index (χ1) is 71.8. The second-order valence-electron chi connectivity index (χ2n) is 34.7. The molecule has 0 aliphatic carbocycles. The van der Waals surface area contributed by atoms with Crippen LogP contribution in [-0.4, -0.2) is 44.9 Å². The van der Waals surface area contributed by atoms with Gasteiger partial charge in [-0.2, -0.15) is 18.4 Å². The molecule has 0 aliphatic rings. The average molecular weight is 1910 g/mol. The van der Waals surface area contributed by atoms with Gasteiger partial charge in [-0.05, 0) is 124 Å². The lowest BCUT2D eigenvalue weighted by molar-refractivity contribution is -0.137. The summed E-state index contributed by atoms with van der Waals surface area (Å²) in [6, 6.07) is 120. The van der Waals surface area contributed by atoms with Crippen molar-refractivity contribution in [2.45, 2.75) is 13.1 Å². The summed E-state index contributed by atoms with van der Waals surface area (Å²) >= 11 is 0. The number of nitriles is 1. The predicted molar refractivity (Wildman–Crippen MR) is 568 cm³/mol. The molecule has 22 heteroatoms. The molecule has 18 aromatic carbocycles. The zero-order chi connectivity index (χ0) is 101. The van der Waals surface area contributed by atoms with E-state index in [9.17, 15) is 36.0 Å². The molecule has 0 saturated carbocycles. The number of halogens is 7. The Morgan fingerprint density at radius 3 is 0.823 bits per heavy atom. The van der Waals surface area contributed by atoms with E-state index >= 15 is 0 Å². The Bertz CT molecular complexity index is 9760. The van der Waals surface area contributed by atoms with E-state index in [2.05, 4.69) is 30.3 Å². The Labute approximate surface area is 835 Å². The maximum absolute atomic E-state index is 14.9. The van der Waals surface area contributed by atoms with Crippen LogP contribution in [0.4, 0.5) is 59.2 Å². The van der Waals surface area contributed by atoms with E-state index in [1.165, 1.54) is 30.3 Å². The monoisotopic (exact) mass is 1910 g/mol. The highest BCUT2D eigenvalue weighted by Gasteiger charge is 2.33. The van der Waals surface area contributed by atoms with Crippen LogP contribution in [0.15, 0.2) is 382 Å². The molecule has 24 aromatic rings. The van der Waals surface area contributed by atoms with E-state index in [4.69, 9.17) is 77.7 Å². The first kappa shape index (κ1) is 91.5. The number of hydrogen-bond acceptors (Lipinski definition) is 10. The Morgan fingerprint density at radius 2 is 0.524 bits per heavy atom. The van der Waals surface area contributed by atoms with Crippen LogP contribution in [0.3, 0.4) is 0 Å². The fraction of sp³-hybridized carbons (Fsp3) is 0.0160. The molecule has 15 nitrogen and oxygen atoms in total. The highest BCUT2D eigenvalue weighted by Crippen LogP contribution is 2.51. The van der Waals surface area contributed by atoms with Gasteiger partial charge in [0.2, 0.25) is 0 Å². The average Bonchev–Trinajstić information content (AvgIpc) is 0.725. The van der Waals surface area contributed by atoms with E-state index in [-0.39, 0.29) is 11.3 Å². The van der Waals surface area contributed by atoms with Gasteiger partial charge >= 0.3 is 6.18 Å². The van der Waals surface area contributed by atoms with Gasteiger partial charge in [-0.3, -0.25) is 0 Å². The molecule has 0 aliphatic heterocycles. The molecule has 0 radical (unpaired) electrons. The number of aryl methyl sites for hydroxylation is 1. The second kappa shape index (κ2) is 38.2. The second-order valence-corrected chi connectivity index (χ2v) is 34.7. The zero-order valence-corrected chi connectivity index (χ0v) is 77.2. The van der Waals surface area contributed by atoms with E-state index < -0.39 is 46.3 Å². The van der Waals surface area contributed by atoms with Crippen LogP contribution in [0.1, 0.15) is 16.7 Å². The molecule has 690 valence electrons. The van der Waals surface area contributed by atoms with Crippen molar-refractivity contribution in [1.29, 1.82) is 5.26 Å². The van der Waals surface area contributed by atoms with Crippen LogP contribution in [0.25, 0.3) is 257 Å². The maximum Gasteiger partial charge on any atom is 0.416 e. The lowest BCUT2D eigenvalue weighted by Gasteiger charge is -2.16. The van der Waals surface area contributed by atoms with Crippen molar-refractivity contribution in [2.75, 3.05) is 0 Å². The Hall–Kier alpha value is -20.6. The minimum absolute atomic E-state index is 0.147. The Kier molecular flexibility index (Phi) is 23.8. The largest absolute Gasteiger partial charge is 0.416 e. The van der Waals surface area contributed by atoms with Crippen molar-refractivity contribution < 1.29 is 30.7 Å². The summed E-state index contributed by atoms with van der Waals surface area (Å²) in [5.41, 5.74) is 21.3. The van der Waals surface area contributed by atoms with E-state index in [1.807, 2.05) is 297 Å². The van der Waals surface area contributed by atoms with Crippen molar-refractivity contribution in [1.82, 2.24) is 44.9 Å². The van der Waals surface area contributed by atoms with E-state index in [0.717, 1.165) is 117 Å². The fourth-order valence-electron chi connectivity index (χ4n) is 19.0. The molecule has 0 spiro atoms. The third-order valence-corrected chi connectivity index (χ3v) is 25.8. The standard InChI is InChI=1S/C42H25F3N4.C42H22N6.C41H19F4N5/c1-25-21-30(23-31(22-25)42(43,44)45)26-17-19-29(20-18-26)38-37-34(46-2)24-35-41(36(37)32-15-9-10-16-33(32)47-38)49-40(28-13-7-4-8-14-28)39(48-35)27-11-5-3-6-12-27;1-44-32-22-26(25-43)21-31(23-32)27-17-19-30(20-18-27)39-38-35(45-2)24-36-42(37(38)33-15-9-10-16-34(33)46-39)48-41(29-13-7-4-8-14-29)40(47-36)28-11-5-3-6-12-28;1-46-28-21-29-40(50-39(24-13-7-4-8-14-24)38(49-29)23-11-5-3-6-12-23)31-26-15-9-10-16-27(26)48-37(32(28)31)25-19-17-22(18-20-25)30-33(42)35(44)41(47-2)36(45)34(30)43/h3-24H,1H3;3-24H;3-21H. The third-order valence-electron chi connectivity index (χ3n) is 25.8. The number of rotatable bonds is 12. The van der Waals surface area contributed by atoms with Gasteiger partial charge < -0.3 is 0 Å². The van der Waals surface area contributed by atoms with E-state index in [1.54, 1.807) is 55.5 Å². The summed E-state index contributed by atoms with van der Waals surface area (Å²) in [4.78, 5) is 64.5. The predicted octanol–water partition coefficient (Wildman–Crippen LogP) is 34.5. The summed E-state index contributed by atoms with van der Waals surface area (Å²) in [5.74, 6) is -6.86. The molecule has 6 aromatic heterocycles. The van der Waals surface area contributed by atoms with Gasteiger partial charge in [-0.25, -0.2) is 86.6 Å². The summed E-state index contributed by atoms with van der Waals surface area (Å²) in [6.07, 6.45) is -4.45. The van der Waals surface area contributed by atoms with E-state index in [0.29, 0.717) is 139 Å². The van der Waals surface area contributed by atoms with Crippen molar-refractivity contribution in [3.8, 4) is 141 Å². The van der Waals surface area contributed by atoms with Gasteiger partial charge in [0, 0.05) is 87.4 Å². The molecule has 0 unspecified atom stereocenters. The smallest absolute Gasteiger partial charge is 0.248 e. The molecular weight excluding hydrogens is 1840 g/mol. The van der Waals surface area contributed by atoms with Gasteiger partial charge in [0.25, 0.3) is 5.69 Å². The highest BCUT2D eigenvalue weighted by molar-refractivity contribution is 6.28. The van der Waals surface area contributed by atoms with Crippen LogP contribution in [-0.2, 0) is 6.18 Å². The molecular formula is C125H66F7N15. The SMILES string of the molecule is [C-]#[N+]c1c(F)c(F)c(-c2ccc(-c3nc4ccccc4c4c3c([N+]#[C-])cc3nc(-c5ccccc5)c(-c5ccccc5)nc34)cc2)c(F)c1F.[C-]#[N+]c1cc(C#N)cc(-c2ccc(-c3nc4ccccc4c4c3c([N+]#[C-])cc3nc(-c5ccccc5)c(-c5ccccc5)nc34)cc2)c1.[C-]#[N+]c1cc2nc(-c3ccccc3)c(-c3ccccc3)nc2c2c1c(-c1ccc(-c3cc(C)cc(C(F)(F)F)c3)cc1)nc1ccccc12. The molecule has 24 rings (SSSR count). The van der Waals surface area contributed by atoms with Crippen LogP contribution >= 0.6 is 0 Å². The maximum atomic E-state index is 14.9. The van der Waals surface area contributed by atoms with Crippen LogP contribution in [0.5, 0.6) is 0 Å². The van der Waals surface area contributed by atoms with Gasteiger partial charge in [-0.1, -0.05) is 315 Å². The van der Waals surface area contributed by atoms with Crippen molar-refractivity contribution >= 4 is 127 Å². The number of alkyl halides is 3. The summed E-state index contributed by atoms with van der Waals surface area (Å²) in [5, 5.41) is 16.1. The number of aromatic nitrogens is 9. The zero-order valence-electron chi connectivity index (χ0n) is 77.2. The van der Waals surface area contributed by atoms with Crippen LogP contribution < -0.4 is 0 Å². The molecule has 6 heterocycles. The van der Waals surface area contributed by atoms with Gasteiger partial charge in [0.05, 0.1) is 151 Å². The molecule has 0 bridgehead atoms. The number of pyridine rings is 3. The normalized spacial score (nSPS) is 11.2. The van der Waals surface area contributed by atoms with Crippen molar-refractivity contribution in [3.05, 3.63) is 479 Å². The summed E-state index contributed by atoms with van der Waals surface area (Å²) < 4.78 is 99.6. The first-order valence-electron chi connectivity index (χ1n) is 46.2. The van der Waals surface area contributed by atoms with Gasteiger partial charge in [0.1, 0.15) is 0 Å². The van der Waals surface area contributed by atoms with Crippen LogP contribution in [0.2, 0.25) is 0 Å². The highest BCUT2D eigenvalue weighted by atomic mass is 19.4. The number of hydrogen-bond donors (Lipinski definition) is 0. The minimum Gasteiger partial charge on any atom is -0.248 e. The lowest BCUT2D eigenvalue weighted by Crippen LogP contribution is -2.05. The lowest BCUT2D eigenvalue weighted by atomic mass is 9.94. The molecule has 0 fully saturated rings. The number of para-hydroxylation sites is 3. The topological polar surface area (TPSA) is 162 Å². The summed E-state index contributed by atoms with van der Waals surface area (Å²) in [6.45, 7) is 40.8.